The molecule has 4 nitrogen and oxygen atoms in total. The minimum absolute atomic E-state index is 0.0194. The second-order valence-corrected chi connectivity index (χ2v) is 4.65. The van der Waals surface area contributed by atoms with E-state index in [2.05, 4.69) is 22.1 Å². The molecule has 2 rings (SSSR count). The molecule has 0 bridgehead atoms. The Morgan fingerprint density at radius 1 is 1.47 bits per heavy atom. The van der Waals surface area contributed by atoms with Gasteiger partial charge in [0.25, 0.3) is 5.91 Å². The molecule has 0 spiro atoms. The highest BCUT2D eigenvalue weighted by atomic mass is 19.2. The lowest BCUT2D eigenvalue weighted by Crippen LogP contribution is -2.44. The number of hydrogen-bond acceptors (Lipinski definition) is 3. The Hall–Kier alpha value is -1.56. The number of halogens is 2. The molecule has 0 aliphatic carbocycles. The van der Waals surface area contributed by atoms with Gasteiger partial charge in [-0.1, -0.05) is 6.92 Å². The van der Waals surface area contributed by atoms with Crippen LogP contribution >= 0.6 is 0 Å². The zero-order valence-electron chi connectivity index (χ0n) is 10.8. The molecule has 19 heavy (non-hydrogen) atoms. The first-order valence-corrected chi connectivity index (χ1v) is 6.45. The summed E-state index contributed by atoms with van der Waals surface area (Å²) >= 11 is 0. The number of carbonyl (C=O) groups is 1. The number of nitrogens with one attached hydrogen (secondary N) is 1. The van der Waals surface area contributed by atoms with Crippen molar-refractivity contribution in [3.63, 3.8) is 0 Å². The molecule has 1 N–H and O–H groups in total. The average molecular weight is 269 g/mol. The summed E-state index contributed by atoms with van der Waals surface area (Å²) < 4.78 is 26.4. The lowest BCUT2D eigenvalue weighted by atomic mass is 10.0. The molecule has 1 fully saturated rings. The predicted octanol–water partition coefficient (Wildman–Crippen LogP) is 1.57. The lowest BCUT2D eigenvalue weighted by molar-refractivity contribution is 0.0907. The molecule has 0 unspecified atom stereocenters. The van der Waals surface area contributed by atoms with Crippen LogP contribution in [-0.2, 0) is 0 Å². The summed E-state index contributed by atoms with van der Waals surface area (Å²) in [5.74, 6) is -3.01. The van der Waals surface area contributed by atoms with Gasteiger partial charge in [-0.15, -0.1) is 0 Å². The van der Waals surface area contributed by atoms with Crippen LogP contribution in [-0.4, -0.2) is 41.5 Å². The van der Waals surface area contributed by atoms with E-state index < -0.39 is 17.7 Å². The van der Waals surface area contributed by atoms with Crippen LogP contribution in [0.1, 0.15) is 30.1 Å². The van der Waals surface area contributed by atoms with Gasteiger partial charge in [-0.25, -0.2) is 9.37 Å². The Morgan fingerprint density at radius 2 is 2.16 bits per heavy atom. The molecule has 0 aromatic carbocycles. The van der Waals surface area contributed by atoms with E-state index in [4.69, 9.17) is 0 Å². The SMILES string of the molecule is CCN1CCC(NC(=O)c2ccnc(F)c2F)CC1. The van der Waals surface area contributed by atoms with Gasteiger partial charge in [0.15, 0.2) is 5.82 Å². The van der Waals surface area contributed by atoms with Crippen LogP contribution in [0.15, 0.2) is 12.3 Å². The third-order valence-corrected chi connectivity index (χ3v) is 3.46. The Balaban J connectivity index is 1.96. The van der Waals surface area contributed by atoms with Gasteiger partial charge in [-0.2, -0.15) is 4.39 Å². The van der Waals surface area contributed by atoms with Crippen LogP contribution in [0.25, 0.3) is 0 Å². The summed E-state index contributed by atoms with van der Waals surface area (Å²) in [4.78, 5) is 17.3. The number of likely N-dealkylation sites (tertiary alicyclic amines) is 1. The van der Waals surface area contributed by atoms with E-state index in [-0.39, 0.29) is 11.6 Å². The van der Waals surface area contributed by atoms with Crippen molar-refractivity contribution in [1.29, 1.82) is 0 Å². The topological polar surface area (TPSA) is 45.2 Å². The van der Waals surface area contributed by atoms with E-state index >= 15 is 0 Å². The number of piperidine rings is 1. The summed E-state index contributed by atoms with van der Waals surface area (Å²) in [6, 6.07) is 1.21. The predicted molar refractivity (Wildman–Crippen MR) is 66.8 cm³/mol. The smallest absolute Gasteiger partial charge is 0.254 e. The molecule has 104 valence electrons. The van der Waals surface area contributed by atoms with Gasteiger partial charge in [0.1, 0.15) is 0 Å². The Kier molecular flexibility index (Phi) is 4.42. The first-order chi connectivity index (χ1) is 9.11. The van der Waals surface area contributed by atoms with E-state index in [9.17, 15) is 13.6 Å². The molecular weight excluding hydrogens is 252 g/mol. The molecule has 1 saturated heterocycles. The van der Waals surface area contributed by atoms with Crippen LogP contribution < -0.4 is 5.32 Å². The van der Waals surface area contributed by atoms with E-state index in [1.807, 2.05) is 0 Å². The van der Waals surface area contributed by atoms with Gasteiger partial charge >= 0.3 is 0 Å². The lowest BCUT2D eigenvalue weighted by Gasteiger charge is -2.31. The van der Waals surface area contributed by atoms with Gasteiger partial charge in [0.05, 0.1) is 5.56 Å². The molecule has 1 aliphatic rings. The zero-order valence-corrected chi connectivity index (χ0v) is 10.8. The molecule has 6 heteroatoms. The highest BCUT2D eigenvalue weighted by Gasteiger charge is 2.22. The minimum atomic E-state index is -1.24. The van der Waals surface area contributed by atoms with Crippen molar-refractivity contribution < 1.29 is 13.6 Å². The van der Waals surface area contributed by atoms with Crippen molar-refractivity contribution in [2.45, 2.75) is 25.8 Å². The summed E-state index contributed by atoms with van der Waals surface area (Å²) in [5.41, 5.74) is -0.287. The average Bonchev–Trinajstić information content (AvgIpc) is 2.42. The third kappa shape index (κ3) is 3.26. The second kappa shape index (κ2) is 6.06. The molecule has 2 heterocycles. The van der Waals surface area contributed by atoms with E-state index in [1.54, 1.807) is 0 Å². The van der Waals surface area contributed by atoms with Crippen molar-refractivity contribution in [2.75, 3.05) is 19.6 Å². The van der Waals surface area contributed by atoms with Crippen LogP contribution in [0.5, 0.6) is 0 Å². The van der Waals surface area contributed by atoms with Crippen molar-refractivity contribution in [3.05, 3.63) is 29.6 Å². The molecule has 0 radical (unpaired) electrons. The van der Waals surface area contributed by atoms with Crippen LogP contribution in [0.4, 0.5) is 8.78 Å². The van der Waals surface area contributed by atoms with Gasteiger partial charge < -0.3 is 10.2 Å². The quantitative estimate of drug-likeness (QED) is 0.847. The van der Waals surface area contributed by atoms with Crippen LogP contribution in [0.3, 0.4) is 0 Å². The van der Waals surface area contributed by atoms with Crippen molar-refractivity contribution in [2.24, 2.45) is 0 Å². The van der Waals surface area contributed by atoms with Crippen LogP contribution in [0.2, 0.25) is 0 Å². The normalized spacial score (nSPS) is 17.4. The van der Waals surface area contributed by atoms with Gasteiger partial charge in [-0.3, -0.25) is 4.79 Å². The minimum Gasteiger partial charge on any atom is -0.349 e. The molecule has 0 saturated carbocycles. The number of carbonyl (C=O) groups excluding carboxylic acids is 1. The largest absolute Gasteiger partial charge is 0.349 e. The van der Waals surface area contributed by atoms with Crippen molar-refractivity contribution in [1.82, 2.24) is 15.2 Å². The summed E-state index contributed by atoms with van der Waals surface area (Å²) in [7, 11) is 0. The molecule has 0 atom stereocenters. The summed E-state index contributed by atoms with van der Waals surface area (Å²) in [5, 5.41) is 2.75. The highest BCUT2D eigenvalue weighted by molar-refractivity contribution is 5.94. The summed E-state index contributed by atoms with van der Waals surface area (Å²) in [6.45, 7) is 4.90. The van der Waals surface area contributed by atoms with E-state index in [0.717, 1.165) is 38.7 Å². The number of amides is 1. The monoisotopic (exact) mass is 269 g/mol. The van der Waals surface area contributed by atoms with E-state index in [1.165, 1.54) is 6.07 Å². The molecule has 1 aromatic rings. The standard InChI is InChI=1S/C13H17F2N3O/c1-2-18-7-4-9(5-8-18)17-13(19)10-3-6-16-12(15)11(10)14/h3,6,9H,2,4-5,7-8H2,1H3,(H,17,19). The molecule has 1 amide bonds. The van der Waals surface area contributed by atoms with Crippen LogP contribution in [0, 0.1) is 11.8 Å². The Labute approximate surface area is 110 Å². The maximum absolute atomic E-state index is 13.4. The summed E-state index contributed by atoms with van der Waals surface area (Å²) in [6.07, 6.45) is 2.75. The number of hydrogen-bond donors (Lipinski definition) is 1. The zero-order chi connectivity index (χ0) is 13.8. The number of nitrogens with zero attached hydrogens (tertiary/aromatic N) is 2. The third-order valence-electron chi connectivity index (χ3n) is 3.46. The van der Waals surface area contributed by atoms with Gasteiger partial charge in [0.2, 0.25) is 5.95 Å². The van der Waals surface area contributed by atoms with Gasteiger partial charge in [-0.05, 0) is 25.5 Å². The van der Waals surface area contributed by atoms with E-state index in [0.29, 0.717) is 0 Å². The molecular formula is C13H17F2N3O. The maximum Gasteiger partial charge on any atom is 0.254 e. The first kappa shape index (κ1) is 13.9. The number of aromatic nitrogens is 1. The molecule has 1 aromatic heterocycles. The number of rotatable bonds is 3. The van der Waals surface area contributed by atoms with Crippen molar-refractivity contribution >= 4 is 5.91 Å². The van der Waals surface area contributed by atoms with Gasteiger partial charge in [0, 0.05) is 25.3 Å². The Bertz CT molecular complexity index is 459. The highest BCUT2D eigenvalue weighted by Crippen LogP contribution is 2.13. The van der Waals surface area contributed by atoms with Crippen molar-refractivity contribution in [3.8, 4) is 0 Å². The fraction of sp³-hybridized carbons (Fsp3) is 0.538. The number of pyridine rings is 1. The second-order valence-electron chi connectivity index (χ2n) is 4.65. The Morgan fingerprint density at radius 3 is 2.79 bits per heavy atom. The first-order valence-electron chi connectivity index (χ1n) is 6.45. The molecule has 1 aliphatic heterocycles. The fourth-order valence-electron chi connectivity index (χ4n) is 2.25. The maximum atomic E-state index is 13.4. The fourth-order valence-corrected chi connectivity index (χ4v) is 2.25.